The highest BCUT2D eigenvalue weighted by Gasteiger charge is 2.30. The van der Waals surface area contributed by atoms with E-state index in [9.17, 15) is 13.2 Å². The fourth-order valence-corrected chi connectivity index (χ4v) is 2.49. The normalized spacial score (nSPS) is 11.3. The lowest BCUT2D eigenvalue weighted by atomic mass is 9.99. The first-order valence-electron chi connectivity index (χ1n) is 6.69. The molecule has 24 heavy (non-hydrogen) atoms. The van der Waals surface area contributed by atoms with Gasteiger partial charge in [-0.3, -0.25) is 0 Å². The number of nitrogens with one attached hydrogen (secondary N) is 1. The molecule has 0 unspecified atom stereocenters. The van der Waals surface area contributed by atoms with E-state index in [-0.39, 0.29) is 5.69 Å². The number of aromatic nitrogens is 3. The Morgan fingerprint density at radius 1 is 1.08 bits per heavy atom. The molecular formula is C16H8ClF3N4. The summed E-state index contributed by atoms with van der Waals surface area (Å²) in [6.45, 7) is 0. The maximum atomic E-state index is 12.9. The first kappa shape index (κ1) is 16.0. The van der Waals surface area contributed by atoms with Crippen LogP contribution < -0.4 is 0 Å². The zero-order valence-electron chi connectivity index (χ0n) is 11.9. The van der Waals surface area contributed by atoms with Crippen molar-refractivity contribution < 1.29 is 13.2 Å². The van der Waals surface area contributed by atoms with E-state index in [0.29, 0.717) is 27.4 Å². The van der Waals surface area contributed by atoms with Crippen molar-refractivity contribution in [1.82, 2.24) is 15.4 Å². The number of nitriles is 1. The zero-order valence-corrected chi connectivity index (χ0v) is 12.7. The van der Waals surface area contributed by atoms with Crippen molar-refractivity contribution >= 4 is 11.6 Å². The second-order valence-corrected chi connectivity index (χ2v) is 5.33. The second-order valence-electron chi connectivity index (χ2n) is 4.92. The van der Waals surface area contributed by atoms with Gasteiger partial charge in [0.15, 0.2) is 5.69 Å². The van der Waals surface area contributed by atoms with Crippen LogP contribution in [-0.4, -0.2) is 15.4 Å². The summed E-state index contributed by atoms with van der Waals surface area (Å²) in [5.74, 6) is 0. The van der Waals surface area contributed by atoms with Gasteiger partial charge in [0.05, 0.1) is 5.56 Å². The third kappa shape index (κ3) is 2.96. The summed E-state index contributed by atoms with van der Waals surface area (Å²) in [5.41, 5.74) is 0.957. The van der Waals surface area contributed by atoms with Crippen LogP contribution in [-0.2, 0) is 6.18 Å². The van der Waals surface area contributed by atoms with Gasteiger partial charge in [-0.1, -0.05) is 35.0 Å². The van der Waals surface area contributed by atoms with E-state index in [1.807, 2.05) is 6.07 Å². The lowest BCUT2D eigenvalue weighted by Crippen LogP contribution is -2.04. The van der Waals surface area contributed by atoms with Crippen LogP contribution >= 0.6 is 11.6 Å². The molecular weight excluding hydrogens is 341 g/mol. The molecule has 0 saturated heterocycles. The minimum atomic E-state index is -4.44. The van der Waals surface area contributed by atoms with Crippen molar-refractivity contribution in [3.8, 4) is 28.5 Å². The highest BCUT2D eigenvalue weighted by molar-refractivity contribution is 6.33. The van der Waals surface area contributed by atoms with E-state index in [1.165, 1.54) is 12.1 Å². The van der Waals surface area contributed by atoms with Gasteiger partial charge >= 0.3 is 6.18 Å². The number of hydrogen-bond donors (Lipinski definition) is 1. The Bertz CT molecular complexity index is 941. The molecule has 8 heteroatoms. The SMILES string of the molecule is N#Cc1[nH]nnc1-c1ccc(Cl)c(-c2cccc(C(F)(F)F)c2)c1. The summed E-state index contributed by atoms with van der Waals surface area (Å²) >= 11 is 6.14. The molecule has 1 heterocycles. The summed E-state index contributed by atoms with van der Waals surface area (Å²) in [6.07, 6.45) is -4.44. The van der Waals surface area contributed by atoms with E-state index in [2.05, 4.69) is 15.4 Å². The Kier molecular flexibility index (Phi) is 3.99. The van der Waals surface area contributed by atoms with Crippen molar-refractivity contribution in [3.05, 3.63) is 58.7 Å². The molecule has 0 aliphatic heterocycles. The number of hydrogen-bond acceptors (Lipinski definition) is 3. The third-order valence-electron chi connectivity index (χ3n) is 3.40. The standard InChI is InChI=1S/C16H8ClF3N4/c17-13-5-4-10(15-14(8-21)22-24-23-15)7-12(13)9-2-1-3-11(6-9)16(18,19)20/h1-7H,(H,22,23,24). The van der Waals surface area contributed by atoms with E-state index in [4.69, 9.17) is 16.9 Å². The van der Waals surface area contributed by atoms with Crippen molar-refractivity contribution in [2.45, 2.75) is 6.18 Å². The van der Waals surface area contributed by atoms with Crippen LogP contribution in [0.3, 0.4) is 0 Å². The van der Waals surface area contributed by atoms with Crippen molar-refractivity contribution in [3.63, 3.8) is 0 Å². The summed E-state index contributed by atoms with van der Waals surface area (Å²) in [7, 11) is 0. The van der Waals surface area contributed by atoms with Crippen LogP contribution in [0.15, 0.2) is 42.5 Å². The van der Waals surface area contributed by atoms with Gasteiger partial charge < -0.3 is 0 Å². The van der Waals surface area contributed by atoms with E-state index >= 15 is 0 Å². The van der Waals surface area contributed by atoms with Gasteiger partial charge in [-0.05, 0) is 29.8 Å². The Hall–Kier alpha value is -2.85. The van der Waals surface area contributed by atoms with Crippen LogP contribution in [0.1, 0.15) is 11.3 Å². The van der Waals surface area contributed by atoms with Crippen molar-refractivity contribution in [2.75, 3.05) is 0 Å². The molecule has 120 valence electrons. The summed E-state index contributed by atoms with van der Waals surface area (Å²) < 4.78 is 38.7. The first-order chi connectivity index (χ1) is 11.4. The molecule has 0 radical (unpaired) electrons. The highest BCUT2D eigenvalue weighted by Crippen LogP contribution is 2.36. The van der Waals surface area contributed by atoms with Gasteiger partial charge in [-0.15, -0.1) is 5.10 Å². The predicted octanol–water partition coefficient (Wildman–Crippen LogP) is 4.68. The number of nitrogens with zero attached hydrogens (tertiary/aromatic N) is 3. The molecule has 1 aromatic heterocycles. The molecule has 0 saturated carbocycles. The van der Waals surface area contributed by atoms with Gasteiger partial charge in [0.1, 0.15) is 11.8 Å². The van der Waals surface area contributed by atoms with E-state index < -0.39 is 11.7 Å². The molecule has 1 N–H and O–H groups in total. The molecule has 2 aromatic carbocycles. The minimum absolute atomic E-state index is 0.160. The van der Waals surface area contributed by atoms with Gasteiger partial charge in [0, 0.05) is 16.1 Å². The van der Waals surface area contributed by atoms with E-state index in [0.717, 1.165) is 12.1 Å². The number of rotatable bonds is 2. The molecule has 3 aromatic rings. The van der Waals surface area contributed by atoms with E-state index in [1.54, 1.807) is 18.2 Å². The largest absolute Gasteiger partial charge is 0.416 e. The quantitative estimate of drug-likeness (QED) is 0.731. The molecule has 0 fully saturated rings. The predicted molar refractivity (Wildman–Crippen MR) is 82.0 cm³/mol. The fraction of sp³-hybridized carbons (Fsp3) is 0.0625. The summed E-state index contributed by atoms with van der Waals surface area (Å²) in [4.78, 5) is 0. The van der Waals surface area contributed by atoms with Gasteiger partial charge in [-0.25, -0.2) is 5.10 Å². The molecule has 0 aliphatic rings. The topological polar surface area (TPSA) is 65.4 Å². The number of benzene rings is 2. The van der Waals surface area contributed by atoms with Crippen LogP contribution in [0, 0.1) is 11.3 Å². The average molecular weight is 349 g/mol. The maximum absolute atomic E-state index is 12.9. The molecule has 0 bridgehead atoms. The van der Waals surface area contributed by atoms with Crippen LogP contribution in [0.5, 0.6) is 0 Å². The minimum Gasteiger partial charge on any atom is -0.247 e. The van der Waals surface area contributed by atoms with Gasteiger partial charge in [0.2, 0.25) is 0 Å². The van der Waals surface area contributed by atoms with Crippen molar-refractivity contribution in [1.29, 1.82) is 5.26 Å². The number of H-pyrrole nitrogens is 1. The van der Waals surface area contributed by atoms with Crippen LogP contribution in [0.2, 0.25) is 5.02 Å². The molecule has 0 amide bonds. The van der Waals surface area contributed by atoms with Crippen LogP contribution in [0.25, 0.3) is 22.4 Å². The third-order valence-corrected chi connectivity index (χ3v) is 3.73. The molecule has 0 aliphatic carbocycles. The van der Waals surface area contributed by atoms with Gasteiger partial charge in [-0.2, -0.15) is 18.4 Å². The number of halogens is 4. The van der Waals surface area contributed by atoms with Crippen molar-refractivity contribution in [2.24, 2.45) is 0 Å². The fourth-order valence-electron chi connectivity index (χ4n) is 2.26. The summed E-state index contributed by atoms with van der Waals surface area (Å²) in [5, 5.41) is 19.2. The first-order valence-corrected chi connectivity index (χ1v) is 7.06. The Balaban J connectivity index is 2.13. The summed E-state index contributed by atoms with van der Waals surface area (Å²) in [6, 6.07) is 11.5. The van der Waals surface area contributed by atoms with Crippen LogP contribution in [0.4, 0.5) is 13.2 Å². The molecule has 0 atom stereocenters. The molecule has 0 spiro atoms. The lowest BCUT2D eigenvalue weighted by Gasteiger charge is -2.11. The Morgan fingerprint density at radius 2 is 1.88 bits per heavy atom. The molecule has 3 rings (SSSR count). The number of aromatic amines is 1. The second kappa shape index (κ2) is 5.98. The highest BCUT2D eigenvalue weighted by atomic mass is 35.5. The average Bonchev–Trinajstić information content (AvgIpc) is 3.03. The number of alkyl halides is 3. The monoisotopic (exact) mass is 348 g/mol. The van der Waals surface area contributed by atoms with Gasteiger partial charge in [0.25, 0.3) is 0 Å². The Labute approximate surface area is 139 Å². The Morgan fingerprint density at radius 3 is 2.58 bits per heavy atom. The zero-order chi connectivity index (χ0) is 17.3. The lowest BCUT2D eigenvalue weighted by molar-refractivity contribution is -0.137. The maximum Gasteiger partial charge on any atom is 0.416 e. The molecule has 4 nitrogen and oxygen atoms in total. The smallest absolute Gasteiger partial charge is 0.247 e.